The fourth-order valence-electron chi connectivity index (χ4n) is 3.10. The lowest BCUT2D eigenvalue weighted by Crippen LogP contribution is -2.20. The molecule has 2 aromatic rings. The van der Waals surface area contributed by atoms with E-state index in [9.17, 15) is 9.59 Å². The minimum atomic E-state index is -0.469. The van der Waals surface area contributed by atoms with Gasteiger partial charge in [0.05, 0.1) is 15.3 Å². The van der Waals surface area contributed by atoms with Crippen LogP contribution in [0.2, 0.25) is 0 Å². The largest absolute Gasteiger partial charge is 0.365 e. The van der Waals surface area contributed by atoms with Gasteiger partial charge in [-0.2, -0.15) is 5.10 Å². The van der Waals surface area contributed by atoms with Crippen molar-refractivity contribution in [3.05, 3.63) is 31.5 Å². The first-order chi connectivity index (χ1) is 11.5. The van der Waals surface area contributed by atoms with E-state index in [0.717, 1.165) is 34.8 Å². The Morgan fingerprint density at radius 2 is 2.00 bits per heavy atom. The number of carbonyl (C=O) groups is 2. The van der Waals surface area contributed by atoms with Crippen LogP contribution in [0.4, 0.5) is 5.00 Å². The number of nitrogens with zero attached hydrogens (tertiary/aromatic N) is 2. The first-order valence-corrected chi connectivity index (χ1v) is 9.81. The standard InChI is InChI=1S/C16H19IN4O2S/c1-21-13(10(17)8-19-21)15(23)20-16-12(14(18)22)9-6-4-2-3-5-7-11(9)24-16/h8H,2-7H2,1H3,(H2,18,22)(H,20,23). The molecule has 0 spiro atoms. The molecular weight excluding hydrogens is 439 g/mol. The van der Waals surface area contributed by atoms with Crippen LogP contribution in [0.1, 0.15) is 57.0 Å². The molecule has 0 saturated carbocycles. The SMILES string of the molecule is Cn1ncc(I)c1C(=O)Nc1sc2c(c1C(N)=O)CCCCCC2. The van der Waals surface area contributed by atoms with E-state index in [1.54, 1.807) is 13.2 Å². The molecule has 2 aromatic heterocycles. The molecule has 0 unspecified atom stereocenters. The number of halogens is 1. The fourth-order valence-corrected chi connectivity index (χ4v) is 5.10. The van der Waals surface area contributed by atoms with Crippen molar-refractivity contribution in [3.63, 3.8) is 0 Å². The zero-order valence-electron chi connectivity index (χ0n) is 13.4. The van der Waals surface area contributed by atoms with Gasteiger partial charge < -0.3 is 11.1 Å². The van der Waals surface area contributed by atoms with Gasteiger partial charge >= 0.3 is 0 Å². The molecule has 0 aromatic carbocycles. The lowest BCUT2D eigenvalue weighted by atomic mass is 9.96. The first kappa shape index (κ1) is 17.4. The number of hydrogen-bond donors (Lipinski definition) is 2. The third-order valence-electron chi connectivity index (χ3n) is 4.25. The number of nitrogens with one attached hydrogen (secondary N) is 1. The Labute approximate surface area is 157 Å². The van der Waals surface area contributed by atoms with Crippen LogP contribution in [0.25, 0.3) is 0 Å². The number of primary amides is 1. The van der Waals surface area contributed by atoms with Crippen LogP contribution in [0.15, 0.2) is 6.20 Å². The predicted molar refractivity (Wildman–Crippen MR) is 103 cm³/mol. The second-order valence-electron chi connectivity index (χ2n) is 5.91. The molecule has 128 valence electrons. The van der Waals surface area contributed by atoms with E-state index in [1.807, 2.05) is 0 Å². The lowest BCUT2D eigenvalue weighted by molar-refractivity contribution is 0.100. The Bertz CT molecular complexity index is 777. The number of hydrogen-bond acceptors (Lipinski definition) is 4. The number of carbonyl (C=O) groups excluding carboxylic acids is 2. The second kappa shape index (κ2) is 7.22. The summed E-state index contributed by atoms with van der Waals surface area (Å²) in [4.78, 5) is 25.8. The summed E-state index contributed by atoms with van der Waals surface area (Å²) in [6.07, 6.45) is 7.97. The van der Waals surface area contributed by atoms with Crippen LogP contribution in [-0.4, -0.2) is 21.6 Å². The van der Waals surface area contributed by atoms with Crippen LogP contribution in [0, 0.1) is 3.57 Å². The van der Waals surface area contributed by atoms with Crippen molar-refractivity contribution in [2.24, 2.45) is 12.8 Å². The highest BCUT2D eigenvalue weighted by Crippen LogP contribution is 2.37. The van der Waals surface area contributed by atoms with Gasteiger partial charge in [0.2, 0.25) is 0 Å². The van der Waals surface area contributed by atoms with Gasteiger partial charge in [-0.25, -0.2) is 0 Å². The van der Waals surface area contributed by atoms with Gasteiger partial charge in [0, 0.05) is 11.9 Å². The molecule has 0 aliphatic heterocycles. The average molecular weight is 458 g/mol. The maximum absolute atomic E-state index is 12.6. The number of anilines is 1. The number of thiophene rings is 1. The highest BCUT2D eigenvalue weighted by Gasteiger charge is 2.25. The number of amides is 2. The summed E-state index contributed by atoms with van der Waals surface area (Å²) in [7, 11) is 1.72. The molecule has 1 aliphatic rings. The smallest absolute Gasteiger partial charge is 0.275 e. The molecule has 0 saturated heterocycles. The van der Waals surface area contributed by atoms with Crippen molar-refractivity contribution < 1.29 is 9.59 Å². The Kier molecular flexibility index (Phi) is 5.24. The summed E-state index contributed by atoms with van der Waals surface area (Å²) in [5.41, 5.74) is 7.62. The molecular formula is C16H19IN4O2S. The molecule has 3 N–H and O–H groups in total. The van der Waals surface area contributed by atoms with Gasteiger partial charge in [-0.3, -0.25) is 14.3 Å². The third-order valence-corrected chi connectivity index (χ3v) is 6.25. The predicted octanol–water partition coefficient (Wildman–Crippen LogP) is 3.10. The molecule has 24 heavy (non-hydrogen) atoms. The molecule has 8 heteroatoms. The Balaban J connectivity index is 1.97. The van der Waals surface area contributed by atoms with Gasteiger partial charge in [0.25, 0.3) is 11.8 Å². The summed E-state index contributed by atoms with van der Waals surface area (Å²) in [5.74, 6) is -0.737. The molecule has 2 amide bonds. The fraction of sp³-hybridized carbons (Fsp3) is 0.438. The van der Waals surface area contributed by atoms with Crippen LogP contribution >= 0.6 is 33.9 Å². The Morgan fingerprint density at radius 1 is 1.29 bits per heavy atom. The lowest BCUT2D eigenvalue weighted by Gasteiger charge is -2.10. The monoisotopic (exact) mass is 458 g/mol. The minimum absolute atomic E-state index is 0.267. The van der Waals surface area contributed by atoms with Crippen molar-refractivity contribution in [1.29, 1.82) is 0 Å². The molecule has 0 radical (unpaired) electrons. The third kappa shape index (κ3) is 3.34. The summed E-state index contributed by atoms with van der Waals surface area (Å²) < 4.78 is 2.30. The topological polar surface area (TPSA) is 90.0 Å². The maximum Gasteiger partial charge on any atom is 0.275 e. The normalized spacial score (nSPS) is 14.6. The molecule has 6 nitrogen and oxygen atoms in total. The zero-order valence-corrected chi connectivity index (χ0v) is 16.4. The Morgan fingerprint density at radius 3 is 2.62 bits per heavy atom. The van der Waals surface area contributed by atoms with Crippen molar-refractivity contribution in [2.75, 3.05) is 5.32 Å². The van der Waals surface area contributed by atoms with E-state index >= 15 is 0 Å². The molecule has 2 heterocycles. The quantitative estimate of drug-likeness (QED) is 0.693. The van der Waals surface area contributed by atoms with Crippen molar-refractivity contribution in [1.82, 2.24) is 9.78 Å². The second-order valence-corrected chi connectivity index (χ2v) is 8.17. The highest BCUT2D eigenvalue weighted by atomic mass is 127. The van der Waals surface area contributed by atoms with Gasteiger partial charge in [-0.1, -0.05) is 12.8 Å². The van der Waals surface area contributed by atoms with Crippen molar-refractivity contribution in [3.8, 4) is 0 Å². The van der Waals surface area contributed by atoms with Gasteiger partial charge in [0.1, 0.15) is 10.7 Å². The van der Waals surface area contributed by atoms with E-state index in [1.165, 1.54) is 33.7 Å². The maximum atomic E-state index is 12.6. The van der Waals surface area contributed by atoms with Crippen LogP contribution < -0.4 is 11.1 Å². The summed E-state index contributed by atoms with van der Waals surface area (Å²) in [6, 6.07) is 0. The Hall–Kier alpha value is -1.42. The van der Waals surface area contributed by atoms with Crippen LogP contribution in [0.3, 0.4) is 0 Å². The van der Waals surface area contributed by atoms with E-state index in [0.29, 0.717) is 16.3 Å². The summed E-state index contributed by atoms with van der Waals surface area (Å²) >= 11 is 3.56. The average Bonchev–Trinajstić information content (AvgIpc) is 2.99. The van der Waals surface area contributed by atoms with Gasteiger partial charge in [0.15, 0.2) is 0 Å². The minimum Gasteiger partial charge on any atom is -0.365 e. The molecule has 0 atom stereocenters. The number of rotatable bonds is 3. The molecule has 0 bridgehead atoms. The molecule has 0 fully saturated rings. The van der Waals surface area contributed by atoms with E-state index in [-0.39, 0.29) is 5.91 Å². The van der Waals surface area contributed by atoms with Crippen molar-refractivity contribution in [2.45, 2.75) is 38.5 Å². The number of fused-ring (bicyclic) bond motifs is 1. The zero-order chi connectivity index (χ0) is 17.3. The molecule has 1 aliphatic carbocycles. The molecule has 3 rings (SSSR count). The first-order valence-electron chi connectivity index (χ1n) is 7.92. The van der Waals surface area contributed by atoms with E-state index in [2.05, 4.69) is 33.0 Å². The summed E-state index contributed by atoms with van der Waals surface area (Å²) in [5, 5.41) is 7.54. The summed E-state index contributed by atoms with van der Waals surface area (Å²) in [6.45, 7) is 0. The van der Waals surface area contributed by atoms with Crippen LogP contribution in [-0.2, 0) is 19.9 Å². The number of nitrogens with two attached hydrogens (primary N) is 1. The van der Waals surface area contributed by atoms with E-state index < -0.39 is 5.91 Å². The number of aryl methyl sites for hydroxylation is 2. The number of aromatic nitrogens is 2. The van der Waals surface area contributed by atoms with Gasteiger partial charge in [-0.15, -0.1) is 11.3 Å². The van der Waals surface area contributed by atoms with Crippen LogP contribution in [0.5, 0.6) is 0 Å². The van der Waals surface area contributed by atoms with Crippen molar-refractivity contribution >= 4 is 50.7 Å². The highest BCUT2D eigenvalue weighted by molar-refractivity contribution is 14.1. The van der Waals surface area contributed by atoms with Gasteiger partial charge in [-0.05, 0) is 53.8 Å². The van der Waals surface area contributed by atoms with E-state index in [4.69, 9.17) is 5.73 Å².